The molecule has 7 nitrogen and oxygen atoms in total. The SMILES string of the molecule is CC(C)(C)OC(=O)N(c1ccccc1)C1CNC([N+](=O)[O-])C1. The van der Waals surface area contributed by atoms with Crippen molar-refractivity contribution < 1.29 is 14.5 Å². The van der Waals surface area contributed by atoms with E-state index in [1.807, 2.05) is 18.2 Å². The third kappa shape index (κ3) is 3.94. The Balaban J connectivity index is 2.23. The first-order valence-electron chi connectivity index (χ1n) is 7.22. The summed E-state index contributed by atoms with van der Waals surface area (Å²) in [6, 6.07) is 8.77. The zero-order valence-electron chi connectivity index (χ0n) is 13.0. The van der Waals surface area contributed by atoms with Gasteiger partial charge in [-0.2, -0.15) is 0 Å². The fourth-order valence-corrected chi connectivity index (χ4v) is 2.42. The maximum Gasteiger partial charge on any atom is 0.415 e. The quantitative estimate of drug-likeness (QED) is 0.684. The number of hydrogen-bond acceptors (Lipinski definition) is 5. The molecule has 22 heavy (non-hydrogen) atoms. The van der Waals surface area contributed by atoms with Gasteiger partial charge in [-0.15, -0.1) is 0 Å². The van der Waals surface area contributed by atoms with Crippen LogP contribution in [0.3, 0.4) is 0 Å². The molecule has 2 atom stereocenters. The number of rotatable bonds is 3. The van der Waals surface area contributed by atoms with Crippen LogP contribution in [0.25, 0.3) is 0 Å². The summed E-state index contributed by atoms with van der Waals surface area (Å²) in [5.41, 5.74) is 0.0473. The standard InChI is InChI=1S/C15H21N3O4/c1-15(2,3)22-14(19)17(11-7-5-4-6-8-11)12-9-13(16-10-12)18(20)21/h4-8,12-13,16H,9-10H2,1-3H3. The first-order chi connectivity index (χ1) is 10.3. The van der Waals surface area contributed by atoms with Gasteiger partial charge >= 0.3 is 6.09 Å². The summed E-state index contributed by atoms with van der Waals surface area (Å²) in [5.74, 6) is 0. The molecule has 1 heterocycles. The van der Waals surface area contributed by atoms with E-state index < -0.39 is 17.9 Å². The molecule has 0 spiro atoms. The molecule has 0 radical (unpaired) electrons. The van der Waals surface area contributed by atoms with Crippen molar-refractivity contribution in [3.63, 3.8) is 0 Å². The van der Waals surface area contributed by atoms with Crippen molar-refractivity contribution in [3.8, 4) is 0 Å². The molecule has 2 rings (SSSR count). The molecule has 7 heteroatoms. The number of hydrogen-bond donors (Lipinski definition) is 1. The Kier molecular flexibility index (Phi) is 4.65. The molecule has 1 aromatic carbocycles. The highest BCUT2D eigenvalue weighted by Crippen LogP contribution is 2.24. The molecule has 0 bridgehead atoms. The molecule has 1 amide bonds. The van der Waals surface area contributed by atoms with Crippen molar-refractivity contribution in [3.05, 3.63) is 40.4 Å². The summed E-state index contributed by atoms with van der Waals surface area (Å²) in [4.78, 5) is 24.6. The highest BCUT2D eigenvalue weighted by atomic mass is 16.6. The molecule has 1 fully saturated rings. The van der Waals surface area contributed by atoms with E-state index >= 15 is 0 Å². The molecule has 1 saturated heterocycles. The van der Waals surface area contributed by atoms with Gasteiger partial charge in [0.2, 0.25) is 0 Å². The van der Waals surface area contributed by atoms with E-state index in [0.717, 1.165) is 0 Å². The Morgan fingerprint density at radius 1 is 1.36 bits per heavy atom. The predicted molar refractivity (Wildman–Crippen MR) is 82.3 cm³/mol. The monoisotopic (exact) mass is 307 g/mol. The molecule has 2 unspecified atom stereocenters. The molecule has 0 saturated carbocycles. The van der Waals surface area contributed by atoms with Crippen molar-refractivity contribution in [1.29, 1.82) is 0 Å². The van der Waals surface area contributed by atoms with Crippen molar-refractivity contribution in [1.82, 2.24) is 5.32 Å². The van der Waals surface area contributed by atoms with Crippen LogP contribution in [0.5, 0.6) is 0 Å². The predicted octanol–water partition coefficient (Wildman–Crippen LogP) is 2.39. The summed E-state index contributed by atoms with van der Waals surface area (Å²) in [6.07, 6.45) is -1.07. The lowest BCUT2D eigenvalue weighted by molar-refractivity contribution is -0.526. The minimum atomic E-state index is -0.835. The van der Waals surface area contributed by atoms with E-state index in [-0.39, 0.29) is 17.4 Å². The number of nitrogens with zero attached hydrogens (tertiary/aromatic N) is 2. The van der Waals surface area contributed by atoms with Gasteiger partial charge in [0.25, 0.3) is 6.17 Å². The van der Waals surface area contributed by atoms with Gasteiger partial charge in [-0.25, -0.2) is 4.79 Å². The van der Waals surface area contributed by atoms with Crippen molar-refractivity contribution >= 4 is 11.8 Å². The Bertz CT molecular complexity index is 541. The van der Waals surface area contributed by atoms with Crippen LogP contribution in [0, 0.1) is 10.1 Å². The van der Waals surface area contributed by atoms with Crippen molar-refractivity contribution in [2.24, 2.45) is 0 Å². The molecule has 0 aliphatic carbocycles. The summed E-state index contributed by atoms with van der Waals surface area (Å²) in [5, 5.41) is 13.7. The van der Waals surface area contributed by atoms with Crippen LogP contribution in [0.2, 0.25) is 0 Å². The van der Waals surface area contributed by atoms with Gasteiger partial charge < -0.3 is 4.74 Å². The van der Waals surface area contributed by atoms with Crippen LogP contribution in [0.1, 0.15) is 27.2 Å². The average Bonchev–Trinajstić information content (AvgIpc) is 2.87. The molecule has 1 N–H and O–H groups in total. The Hall–Kier alpha value is -2.15. The number of anilines is 1. The Labute approximate surface area is 129 Å². The van der Waals surface area contributed by atoms with Crippen LogP contribution < -0.4 is 10.2 Å². The van der Waals surface area contributed by atoms with E-state index in [4.69, 9.17) is 4.74 Å². The summed E-state index contributed by atoms with van der Waals surface area (Å²) in [6.45, 7) is 5.74. The fourth-order valence-electron chi connectivity index (χ4n) is 2.42. The maximum absolute atomic E-state index is 12.5. The summed E-state index contributed by atoms with van der Waals surface area (Å²) < 4.78 is 5.45. The summed E-state index contributed by atoms with van der Waals surface area (Å²) >= 11 is 0. The number of nitrogens with one attached hydrogen (secondary N) is 1. The van der Waals surface area contributed by atoms with Gasteiger partial charge in [0.05, 0.1) is 12.5 Å². The summed E-state index contributed by atoms with van der Waals surface area (Å²) in [7, 11) is 0. The highest BCUT2D eigenvalue weighted by Gasteiger charge is 2.39. The van der Waals surface area contributed by atoms with Gasteiger partial charge in [-0.05, 0) is 32.9 Å². The van der Waals surface area contributed by atoms with Crippen LogP contribution >= 0.6 is 0 Å². The molecular formula is C15H21N3O4. The minimum Gasteiger partial charge on any atom is -0.443 e. The topological polar surface area (TPSA) is 84.7 Å². The van der Waals surface area contributed by atoms with E-state index in [2.05, 4.69) is 5.32 Å². The van der Waals surface area contributed by atoms with Gasteiger partial charge in [0.1, 0.15) is 5.60 Å². The number of ether oxygens (including phenoxy) is 1. The van der Waals surface area contributed by atoms with E-state index in [1.165, 1.54) is 4.90 Å². The lowest BCUT2D eigenvalue weighted by Gasteiger charge is -2.31. The second kappa shape index (κ2) is 6.31. The van der Waals surface area contributed by atoms with Crippen molar-refractivity contribution in [2.75, 3.05) is 11.4 Å². The van der Waals surface area contributed by atoms with E-state index in [1.54, 1.807) is 32.9 Å². The van der Waals surface area contributed by atoms with Gasteiger partial charge in [-0.3, -0.25) is 20.3 Å². The highest BCUT2D eigenvalue weighted by molar-refractivity contribution is 5.88. The van der Waals surface area contributed by atoms with Gasteiger partial charge in [0.15, 0.2) is 0 Å². The Morgan fingerprint density at radius 2 is 2.00 bits per heavy atom. The lowest BCUT2D eigenvalue weighted by atomic mass is 10.1. The maximum atomic E-state index is 12.5. The van der Waals surface area contributed by atoms with E-state index in [0.29, 0.717) is 12.2 Å². The molecule has 1 aliphatic heterocycles. The second-order valence-electron chi connectivity index (χ2n) is 6.28. The van der Waals surface area contributed by atoms with E-state index in [9.17, 15) is 14.9 Å². The lowest BCUT2D eigenvalue weighted by Crippen LogP contribution is -2.44. The third-order valence-electron chi connectivity index (χ3n) is 3.33. The number of para-hydroxylation sites is 1. The fraction of sp³-hybridized carbons (Fsp3) is 0.533. The average molecular weight is 307 g/mol. The first-order valence-corrected chi connectivity index (χ1v) is 7.22. The molecule has 0 aromatic heterocycles. The zero-order valence-corrected chi connectivity index (χ0v) is 13.0. The van der Waals surface area contributed by atoms with Gasteiger partial charge in [-0.1, -0.05) is 18.2 Å². The smallest absolute Gasteiger partial charge is 0.415 e. The van der Waals surface area contributed by atoms with Crippen LogP contribution in [0.4, 0.5) is 10.5 Å². The van der Waals surface area contributed by atoms with Crippen LogP contribution in [-0.2, 0) is 4.74 Å². The third-order valence-corrected chi connectivity index (χ3v) is 3.33. The van der Waals surface area contributed by atoms with Crippen LogP contribution in [0.15, 0.2) is 30.3 Å². The van der Waals surface area contributed by atoms with Gasteiger partial charge in [0, 0.05) is 17.2 Å². The molecule has 1 aromatic rings. The zero-order chi connectivity index (χ0) is 16.3. The number of amides is 1. The van der Waals surface area contributed by atoms with Crippen LogP contribution in [-0.4, -0.2) is 35.4 Å². The van der Waals surface area contributed by atoms with Crippen molar-refractivity contribution in [2.45, 2.75) is 45.0 Å². The first kappa shape index (κ1) is 16.2. The molecule has 1 aliphatic rings. The number of benzene rings is 1. The number of carbonyl (C=O) groups is 1. The Morgan fingerprint density at radius 3 is 2.50 bits per heavy atom. The largest absolute Gasteiger partial charge is 0.443 e. The number of carbonyl (C=O) groups excluding carboxylic acids is 1. The molecular weight excluding hydrogens is 286 g/mol. The normalized spacial score (nSPS) is 21.4. The minimum absolute atomic E-state index is 0.251. The number of nitro groups is 1. The second-order valence-corrected chi connectivity index (χ2v) is 6.28. The molecule has 120 valence electrons.